The lowest BCUT2D eigenvalue weighted by Crippen LogP contribution is -2.50. The van der Waals surface area contributed by atoms with Crippen molar-refractivity contribution in [1.82, 2.24) is 15.5 Å². The van der Waals surface area contributed by atoms with E-state index in [1.54, 1.807) is 58.9 Å². The molecule has 0 aliphatic carbocycles. The molecule has 2 aromatic carbocycles. The Labute approximate surface area is 252 Å². The first-order valence-electron chi connectivity index (χ1n) is 13.4. The lowest BCUT2D eigenvalue weighted by Gasteiger charge is -2.27. The van der Waals surface area contributed by atoms with Crippen LogP contribution in [-0.2, 0) is 25.6 Å². The summed E-state index contributed by atoms with van der Waals surface area (Å²) in [5.74, 6) is -1.57. The molecular weight excluding hydrogens is 587 g/mol. The monoisotopic (exact) mass is 618 g/mol. The highest BCUT2D eigenvalue weighted by Gasteiger charge is 2.34. The molecule has 0 saturated heterocycles. The second-order valence-electron chi connectivity index (χ2n) is 10.7. The summed E-state index contributed by atoms with van der Waals surface area (Å²) in [6.07, 6.45) is -0.498. The maximum Gasteiger partial charge on any atom is 0.408 e. The Kier molecular flexibility index (Phi) is 9.78. The molecule has 1 unspecified atom stereocenters. The van der Waals surface area contributed by atoms with Crippen molar-refractivity contribution in [2.45, 2.75) is 70.0 Å². The number of nitrogens with one attached hydrogen (secondary N) is 1. The summed E-state index contributed by atoms with van der Waals surface area (Å²) in [7, 11) is 0. The number of esters is 1. The van der Waals surface area contributed by atoms with Gasteiger partial charge in [-0.05, 0) is 50.6 Å². The molecule has 224 valence electrons. The smallest absolute Gasteiger partial charge is 0.408 e. The predicted octanol–water partition coefficient (Wildman–Crippen LogP) is 6.12. The first kappa shape index (κ1) is 31.3. The van der Waals surface area contributed by atoms with Gasteiger partial charge in [0.05, 0.1) is 23.7 Å². The Balaban J connectivity index is 1.68. The summed E-state index contributed by atoms with van der Waals surface area (Å²) in [5.41, 5.74) is 0.420. The van der Waals surface area contributed by atoms with Crippen LogP contribution >= 0.6 is 23.4 Å². The first-order valence-corrected chi connectivity index (χ1v) is 14.7. The summed E-state index contributed by atoms with van der Waals surface area (Å²) >= 11 is 7.29. The van der Waals surface area contributed by atoms with Crippen molar-refractivity contribution < 1.29 is 32.7 Å². The second-order valence-corrected chi connectivity index (χ2v) is 12.2. The Morgan fingerprint density at radius 3 is 2.62 bits per heavy atom. The van der Waals surface area contributed by atoms with E-state index in [4.69, 9.17) is 25.5 Å². The lowest BCUT2D eigenvalue weighted by atomic mass is 10.1. The largest absolute Gasteiger partial charge is 0.465 e. The van der Waals surface area contributed by atoms with Crippen LogP contribution in [0.1, 0.15) is 58.4 Å². The third-order valence-corrected chi connectivity index (χ3v) is 7.52. The highest BCUT2D eigenvalue weighted by Crippen LogP contribution is 2.40. The maximum absolute atomic E-state index is 15.5. The Bertz CT molecular complexity index is 1460. The van der Waals surface area contributed by atoms with Crippen LogP contribution in [0, 0.1) is 5.82 Å². The van der Waals surface area contributed by atoms with E-state index in [2.05, 4.69) is 15.5 Å². The number of alkyl carbamates (subject to hydrolysis) is 1. The molecule has 1 aliphatic rings. The number of rotatable bonds is 8. The van der Waals surface area contributed by atoms with Gasteiger partial charge in [0.15, 0.2) is 0 Å². The molecule has 0 saturated carbocycles. The minimum Gasteiger partial charge on any atom is -0.465 e. The van der Waals surface area contributed by atoms with Gasteiger partial charge in [-0.15, -0.1) is 22.0 Å². The highest BCUT2D eigenvalue weighted by molar-refractivity contribution is 7.99. The zero-order chi connectivity index (χ0) is 30.6. The summed E-state index contributed by atoms with van der Waals surface area (Å²) in [6, 6.07) is 8.83. The van der Waals surface area contributed by atoms with Gasteiger partial charge in [-0.3, -0.25) is 9.59 Å². The number of amides is 2. The molecule has 42 heavy (non-hydrogen) atoms. The molecular formula is C29H32ClFN4O6S. The average molecular weight is 619 g/mol. The predicted molar refractivity (Wildman–Crippen MR) is 156 cm³/mol. The molecule has 0 bridgehead atoms. The summed E-state index contributed by atoms with van der Waals surface area (Å²) in [5, 5.41) is 11.2. The Hall–Kier alpha value is -3.64. The summed E-state index contributed by atoms with van der Waals surface area (Å²) < 4.78 is 31.8. The fourth-order valence-corrected chi connectivity index (χ4v) is 5.21. The fraction of sp³-hybridized carbons (Fsp3) is 0.414. The number of hydrogen-bond donors (Lipinski definition) is 1. The zero-order valence-electron chi connectivity index (χ0n) is 23.9. The minimum atomic E-state index is -0.947. The molecule has 13 heteroatoms. The zero-order valence-corrected chi connectivity index (χ0v) is 25.5. The number of benzene rings is 2. The van der Waals surface area contributed by atoms with Crippen LogP contribution in [0.25, 0.3) is 11.5 Å². The van der Waals surface area contributed by atoms with Crippen molar-refractivity contribution in [3.05, 3.63) is 58.7 Å². The molecule has 1 aromatic heterocycles. The number of anilines is 1. The molecule has 2 atom stereocenters. The van der Waals surface area contributed by atoms with Crippen LogP contribution in [0.5, 0.6) is 0 Å². The van der Waals surface area contributed by atoms with Gasteiger partial charge in [-0.25, -0.2) is 9.18 Å². The average Bonchev–Trinajstić information content (AvgIpc) is 3.38. The first-order chi connectivity index (χ1) is 19.8. The summed E-state index contributed by atoms with van der Waals surface area (Å²) in [6.45, 7) is 8.77. The number of halogens is 2. The van der Waals surface area contributed by atoms with Gasteiger partial charge in [-0.2, -0.15) is 0 Å². The maximum atomic E-state index is 15.5. The van der Waals surface area contributed by atoms with E-state index < -0.39 is 35.4 Å². The Morgan fingerprint density at radius 1 is 1.24 bits per heavy atom. The van der Waals surface area contributed by atoms with Gasteiger partial charge in [0.1, 0.15) is 24.1 Å². The number of aromatic nitrogens is 2. The molecule has 0 radical (unpaired) electrons. The van der Waals surface area contributed by atoms with Crippen molar-refractivity contribution in [2.75, 3.05) is 17.3 Å². The van der Waals surface area contributed by atoms with Gasteiger partial charge in [0, 0.05) is 22.1 Å². The molecule has 10 nitrogen and oxygen atoms in total. The molecule has 2 heterocycles. The minimum absolute atomic E-state index is 0.00156. The second kappa shape index (κ2) is 13.1. The topological polar surface area (TPSA) is 124 Å². The van der Waals surface area contributed by atoms with Crippen molar-refractivity contribution in [3.63, 3.8) is 0 Å². The van der Waals surface area contributed by atoms with Crippen LogP contribution in [0.4, 0.5) is 14.9 Å². The molecule has 0 fully saturated rings. The van der Waals surface area contributed by atoms with Crippen molar-refractivity contribution in [2.24, 2.45) is 0 Å². The third kappa shape index (κ3) is 7.80. The van der Waals surface area contributed by atoms with Gasteiger partial charge >= 0.3 is 12.1 Å². The van der Waals surface area contributed by atoms with Gasteiger partial charge in [0.25, 0.3) is 11.8 Å². The van der Waals surface area contributed by atoms with Gasteiger partial charge in [-0.1, -0.05) is 37.6 Å². The van der Waals surface area contributed by atoms with Crippen LogP contribution in [0.3, 0.4) is 0 Å². The molecule has 4 rings (SSSR count). The third-order valence-electron chi connectivity index (χ3n) is 6.13. The number of thioether (sulfide) groups is 1. The molecule has 0 spiro atoms. The van der Waals surface area contributed by atoms with Crippen LogP contribution in [0.2, 0.25) is 5.02 Å². The normalized spacial score (nSPS) is 15.9. The summed E-state index contributed by atoms with van der Waals surface area (Å²) in [4.78, 5) is 40.0. The Morgan fingerprint density at radius 2 is 1.95 bits per heavy atom. The molecule has 1 aliphatic heterocycles. The molecule has 2 amide bonds. The van der Waals surface area contributed by atoms with E-state index in [-0.39, 0.29) is 48.6 Å². The van der Waals surface area contributed by atoms with E-state index in [0.29, 0.717) is 15.6 Å². The van der Waals surface area contributed by atoms with Crippen LogP contribution < -0.4 is 10.2 Å². The standard InChI is InChI=1S/C29H32ClFN4O6S/c1-6-24(36)39-14-16(2)25-33-34-26(40-25)19-11-22-23(12-20(19)31)42-15-21(32-28(38)41-29(3,4)5)27(37)35(22)13-17-7-9-18(30)10-8-17/h7-12,16,21H,6,13-15H2,1-5H3,(H,32,38)/t16?,21-/m0/s1. The van der Waals surface area contributed by atoms with E-state index in [9.17, 15) is 14.4 Å². The number of carbonyl (C=O) groups excluding carboxylic acids is 3. The molecule has 3 aromatic rings. The SMILES string of the molecule is CCC(=O)OCC(C)c1nnc(-c2cc3c(cc2F)SC[C@H](NC(=O)OC(C)(C)C)C(=O)N3Cc2ccc(Cl)cc2)o1. The lowest BCUT2D eigenvalue weighted by molar-refractivity contribution is -0.143. The number of nitrogens with zero attached hydrogens (tertiary/aromatic N) is 3. The van der Waals surface area contributed by atoms with E-state index in [1.165, 1.54) is 28.8 Å². The van der Waals surface area contributed by atoms with E-state index >= 15 is 4.39 Å². The number of carbonyl (C=O) groups is 3. The number of hydrogen-bond acceptors (Lipinski definition) is 9. The van der Waals surface area contributed by atoms with E-state index in [0.717, 1.165) is 5.56 Å². The van der Waals surface area contributed by atoms with E-state index in [1.807, 2.05) is 0 Å². The quantitative estimate of drug-likeness (QED) is 0.297. The van der Waals surface area contributed by atoms with Crippen molar-refractivity contribution in [3.8, 4) is 11.5 Å². The van der Waals surface area contributed by atoms with Crippen molar-refractivity contribution >= 4 is 47.0 Å². The van der Waals surface area contributed by atoms with Gasteiger partial charge in [0.2, 0.25) is 5.89 Å². The van der Waals surface area contributed by atoms with Crippen LogP contribution in [-0.4, -0.2) is 52.2 Å². The van der Waals surface area contributed by atoms with Crippen LogP contribution in [0.15, 0.2) is 45.7 Å². The molecule has 1 N–H and O–H groups in total. The fourth-order valence-electron chi connectivity index (χ4n) is 4.01. The number of fused-ring (bicyclic) bond motifs is 1. The van der Waals surface area contributed by atoms with Gasteiger partial charge < -0.3 is 24.1 Å². The highest BCUT2D eigenvalue weighted by atomic mass is 35.5. The van der Waals surface area contributed by atoms with Crippen molar-refractivity contribution in [1.29, 1.82) is 0 Å². The number of ether oxygens (including phenoxy) is 2.